The van der Waals surface area contributed by atoms with E-state index in [9.17, 15) is 4.79 Å². The number of pyridine rings is 2. The molecule has 4 aromatic heterocycles. The van der Waals surface area contributed by atoms with Crippen molar-refractivity contribution in [3.05, 3.63) is 76.7 Å². The van der Waals surface area contributed by atoms with Crippen LogP contribution in [0.15, 0.2) is 52.3 Å². The molecule has 1 fully saturated rings. The molecule has 176 valence electrons. The molecule has 1 saturated heterocycles. The van der Waals surface area contributed by atoms with E-state index < -0.39 is 0 Å². The van der Waals surface area contributed by atoms with Crippen molar-refractivity contribution in [2.24, 2.45) is 0 Å². The van der Waals surface area contributed by atoms with Gasteiger partial charge in [0.05, 0.1) is 22.6 Å². The number of rotatable bonds is 6. The molecule has 0 atom stereocenters. The van der Waals surface area contributed by atoms with Gasteiger partial charge in [-0.2, -0.15) is 0 Å². The average molecular weight is 477 g/mol. The van der Waals surface area contributed by atoms with Gasteiger partial charge in [0.1, 0.15) is 16.4 Å². The molecule has 5 heterocycles. The van der Waals surface area contributed by atoms with Gasteiger partial charge in [-0.05, 0) is 50.6 Å². The second-order valence-electron chi connectivity index (χ2n) is 8.72. The predicted molar refractivity (Wildman–Crippen MR) is 131 cm³/mol. The van der Waals surface area contributed by atoms with Gasteiger partial charge in [-0.25, -0.2) is 9.97 Å². The summed E-state index contributed by atoms with van der Waals surface area (Å²) in [7, 11) is 0. The van der Waals surface area contributed by atoms with Crippen LogP contribution in [-0.2, 0) is 12.3 Å². The van der Waals surface area contributed by atoms with Crippen LogP contribution in [0.25, 0.3) is 5.65 Å². The minimum absolute atomic E-state index is 0.0352. The molecule has 0 saturated carbocycles. The fourth-order valence-corrected chi connectivity index (χ4v) is 5.16. The highest BCUT2D eigenvalue weighted by Gasteiger charge is 2.25. The molecule has 0 unspecified atom stereocenters. The summed E-state index contributed by atoms with van der Waals surface area (Å²) < 4.78 is 7.32. The van der Waals surface area contributed by atoms with Gasteiger partial charge in [-0.3, -0.25) is 9.69 Å². The summed E-state index contributed by atoms with van der Waals surface area (Å²) in [6.45, 7) is 9.87. The number of thioether (sulfide) groups is 1. The van der Waals surface area contributed by atoms with E-state index >= 15 is 0 Å². The molecule has 0 radical (unpaired) electrons. The second kappa shape index (κ2) is 9.60. The first-order valence-corrected chi connectivity index (χ1v) is 12.4. The van der Waals surface area contributed by atoms with Crippen LogP contribution >= 0.6 is 11.8 Å². The summed E-state index contributed by atoms with van der Waals surface area (Å²) in [5, 5.41) is 4.76. The average Bonchev–Trinajstić information content (AvgIpc) is 3.39. The molecule has 4 aromatic rings. The third kappa shape index (κ3) is 4.71. The Morgan fingerprint density at radius 1 is 1.12 bits per heavy atom. The second-order valence-corrected chi connectivity index (χ2v) is 9.68. The lowest BCUT2D eigenvalue weighted by atomic mass is 10.2. The fourth-order valence-electron chi connectivity index (χ4n) is 4.29. The lowest BCUT2D eigenvalue weighted by Gasteiger charge is -2.35. The zero-order valence-corrected chi connectivity index (χ0v) is 20.5. The molecular weight excluding hydrogens is 448 g/mol. The maximum Gasteiger partial charge on any atom is 0.256 e. The van der Waals surface area contributed by atoms with Gasteiger partial charge >= 0.3 is 0 Å². The molecule has 1 aliphatic heterocycles. The lowest BCUT2D eigenvalue weighted by Crippen LogP contribution is -2.48. The number of hydrogen-bond donors (Lipinski definition) is 0. The summed E-state index contributed by atoms with van der Waals surface area (Å²) in [6, 6.07) is 9.82. The smallest absolute Gasteiger partial charge is 0.256 e. The fraction of sp³-hybridized carbons (Fsp3) is 0.360. The maximum atomic E-state index is 13.3. The predicted octanol–water partition coefficient (Wildman–Crippen LogP) is 3.89. The van der Waals surface area contributed by atoms with E-state index in [0.29, 0.717) is 24.4 Å². The Morgan fingerprint density at radius 3 is 2.71 bits per heavy atom. The molecule has 0 aliphatic carbocycles. The van der Waals surface area contributed by atoms with Gasteiger partial charge < -0.3 is 13.8 Å². The third-order valence-corrected chi connectivity index (χ3v) is 7.19. The Labute approximate surface area is 203 Å². The van der Waals surface area contributed by atoms with E-state index in [2.05, 4.69) is 51.6 Å². The topological polar surface area (TPSA) is 79.8 Å². The number of hydrogen-bond acceptors (Lipinski definition) is 7. The maximum absolute atomic E-state index is 13.3. The number of fused-ring (bicyclic) bond motifs is 1. The van der Waals surface area contributed by atoms with Crippen molar-refractivity contribution in [2.45, 2.75) is 38.1 Å². The van der Waals surface area contributed by atoms with E-state index in [-0.39, 0.29) is 5.91 Å². The molecule has 9 heteroatoms. The standard InChI is InChI=1S/C25H28N6O2S/c1-17-6-8-31-22(19(3)27-23(31)13-17)15-29-9-11-30(12-10-29)25(32)21-5-4-7-26-24(21)34-16-20-14-18(2)33-28-20/h4-8,13-14H,9-12,15-16H2,1-3H3. The highest BCUT2D eigenvalue weighted by molar-refractivity contribution is 7.98. The SMILES string of the molecule is Cc1ccn2c(CN3CCN(C(=O)c4cccnc4SCc4cc(C)on4)CC3)c(C)nc2c1. The van der Waals surface area contributed by atoms with Crippen molar-refractivity contribution < 1.29 is 9.32 Å². The monoisotopic (exact) mass is 476 g/mol. The molecule has 0 bridgehead atoms. The zero-order chi connectivity index (χ0) is 23.7. The first-order valence-electron chi connectivity index (χ1n) is 11.4. The number of aryl methyl sites for hydroxylation is 3. The third-order valence-electron chi connectivity index (χ3n) is 6.15. The van der Waals surface area contributed by atoms with E-state index in [1.807, 2.05) is 30.0 Å². The van der Waals surface area contributed by atoms with Crippen LogP contribution in [0, 0.1) is 20.8 Å². The number of amides is 1. The Morgan fingerprint density at radius 2 is 1.94 bits per heavy atom. The Bertz CT molecular complexity index is 1320. The highest BCUT2D eigenvalue weighted by atomic mass is 32.2. The Hall–Kier alpha value is -3.17. The number of nitrogens with zero attached hydrogens (tertiary/aromatic N) is 6. The summed E-state index contributed by atoms with van der Waals surface area (Å²) in [4.78, 5) is 26.8. The van der Waals surface area contributed by atoms with Crippen LogP contribution in [-0.4, -0.2) is 61.4 Å². The molecular formula is C25H28N6O2S. The van der Waals surface area contributed by atoms with Gasteiger partial charge in [0.15, 0.2) is 0 Å². The number of piperazine rings is 1. The van der Waals surface area contributed by atoms with Gasteiger partial charge in [-0.1, -0.05) is 16.9 Å². The van der Waals surface area contributed by atoms with E-state index in [4.69, 9.17) is 9.51 Å². The van der Waals surface area contributed by atoms with Crippen LogP contribution in [0.1, 0.15) is 38.8 Å². The van der Waals surface area contributed by atoms with Crippen molar-refractivity contribution in [1.29, 1.82) is 0 Å². The molecule has 0 aromatic carbocycles. The van der Waals surface area contributed by atoms with E-state index in [1.165, 1.54) is 23.0 Å². The normalized spacial score (nSPS) is 14.7. The molecule has 34 heavy (non-hydrogen) atoms. The van der Waals surface area contributed by atoms with Crippen LogP contribution in [0.4, 0.5) is 0 Å². The van der Waals surface area contributed by atoms with E-state index in [0.717, 1.165) is 47.5 Å². The largest absolute Gasteiger partial charge is 0.361 e. The van der Waals surface area contributed by atoms with Crippen LogP contribution < -0.4 is 0 Å². The summed E-state index contributed by atoms with van der Waals surface area (Å²) in [6.07, 6.45) is 3.83. The molecule has 1 amide bonds. The number of carbonyl (C=O) groups excluding carboxylic acids is 1. The van der Waals surface area contributed by atoms with Crippen molar-refractivity contribution in [3.63, 3.8) is 0 Å². The number of aromatic nitrogens is 4. The van der Waals surface area contributed by atoms with Crippen molar-refractivity contribution >= 4 is 23.3 Å². The first-order chi connectivity index (χ1) is 16.5. The summed E-state index contributed by atoms with van der Waals surface area (Å²) >= 11 is 1.51. The van der Waals surface area contributed by atoms with Crippen LogP contribution in [0.3, 0.4) is 0 Å². The zero-order valence-electron chi connectivity index (χ0n) is 19.7. The van der Waals surface area contributed by atoms with Crippen molar-refractivity contribution in [2.75, 3.05) is 26.2 Å². The molecule has 0 spiro atoms. The van der Waals surface area contributed by atoms with Gasteiger partial charge in [0.2, 0.25) is 0 Å². The molecule has 1 aliphatic rings. The Balaban J connectivity index is 1.22. The minimum atomic E-state index is 0.0352. The van der Waals surface area contributed by atoms with Crippen LogP contribution in [0.5, 0.6) is 0 Å². The van der Waals surface area contributed by atoms with Gasteiger partial charge in [0.25, 0.3) is 5.91 Å². The minimum Gasteiger partial charge on any atom is -0.361 e. The molecule has 0 N–H and O–H groups in total. The Kier molecular flexibility index (Phi) is 6.38. The van der Waals surface area contributed by atoms with E-state index in [1.54, 1.807) is 6.20 Å². The first kappa shape index (κ1) is 22.6. The van der Waals surface area contributed by atoms with Crippen molar-refractivity contribution in [3.8, 4) is 0 Å². The molecule has 5 rings (SSSR count). The summed E-state index contributed by atoms with van der Waals surface area (Å²) in [5.74, 6) is 1.42. The van der Waals surface area contributed by atoms with Gasteiger partial charge in [0, 0.05) is 56.9 Å². The number of imidazole rings is 1. The van der Waals surface area contributed by atoms with Gasteiger partial charge in [-0.15, -0.1) is 0 Å². The highest BCUT2D eigenvalue weighted by Crippen LogP contribution is 2.26. The molecule has 8 nitrogen and oxygen atoms in total. The van der Waals surface area contributed by atoms with Crippen LogP contribution in [0.2, 0.25) is 0 Å². The number of carbonyl (C=O) groups is 1. The quantitative estimate of drug-likeness (QED) is 0.391. The van der Waals surface area contributed by atoms with Crippen molar-refractivity contribution in [1.82, 2.24) is 29.3 Å². The lowest BCUT2D eigenvalue weighted by molar-refractivity contribution is 0.0622. The summed E-state index contributed by atoms with van der Waals surface area (Å²) in [5.41, 5.74) is 5.96.